The molecule has 12 heavy (non-hydrogen) atoms. The van der Waals surface area contributed by atoms with Gasteiger partial charge in [0.25, 0.3) is 0 Å². The van der Waals surface area contributed by atoms with Crippen LogP contribution in [-0.2, 0) is 9.53 Å². The summed E-state index contributed by atoms with van der Waals surface area (Å²) in [5.41, 5.74) is 4.71. The molecule has 0 saturated carbocycles. The van der Waals surface area contributed by atoms with Gasteiger partial charge in [0.15, 0.2) is 12.4 Å². The number of hydrogen-bond acceptors (Lipinski definition) is 3. The summed E-state index contributed by atoms with van der Waals surface area (Å²) in [6.45, 7) is 5.86. The van der Waals surface area contributed by atoms with E-state index < -0.39 is 12.2 Å². The van der Waals surface area contributed by atoms with E-state index in [9.17, 15) is 9.59 Å². The van der Waals surface area contributed by atoms with E-state index in [0.29, 0.717) is 12.7 Å². The van der Waals surface area contributed by atoms with Crippen LogP contribution >= 0.6 is 0 Å². The zero-order valence-electron chi connectivity index (χ0n) is 7.66. The largest absolute Gasteiger partial charge is 0.439 e. The van der Waals surface area contributed by atoms with Crippen molar-refractivity contribution in [3.8, 4) is 0 Å². The number of carbonyl (C=O) groups excluding carboxylic acids is 2. The number of primary amides is 1. The zero-order valence-corrected chi connectivity index (χ0v) is 7.66. The van der Waals surface area contributed by atoms with Crippen molar-refractivity contribution in [2.45, 2.75) is 33.3 Å². The Hall–Kier alpha value is -1.06. The zero-order chi connectivity index (χ0) is 9.78. The van der Waals surface area contributed by atoms with Gasteiger partial charge in [-0.15, -0.1) is 0 Å². The highest BCUT2D eigenvalue weighted by Gasteiger charge is 2.20. The molecule has 4 nitrogen and oxygen atoms in total. The molecule has 0 bridgehead atoms. The van der Waals surface area contributed by atoms with E-state index >= 15 is 0 Å². The summed E-state index contributed by atoms with van der Waals surface area (Å²) in [6, 6.07) is 0. The Balaban J connectivity index is 4.00. The van der Waals surface area contributed by atoms with E-state index in [0.717, 1.165) is 0 Å². The molecule has 0 heterocycles. The van der Waals surface area contributed by atoms with Gasteiger partial charge in [-0.25, -0.2) is 4.79 Å². The first kappa shape index (κ1) is 10.9. The lowest BCUT2D eigenvalue weighted by Gasteiger charge is -2.21. The van der Waals surface area contributed by atoms with Crippen LogP contribution in [0.3, 0.4) is 0 Å². The van der Waals surface area contributed by atoms with Crippen LogP contribution < -0.4 is 5.73 Å². The summed E-state index contributed by atoms with van der Waals surface area (Å²) in [5, 5.41) is 0. The molecule has 1 atom stereocenters. The average Bonchev–Trinajstić information content (AvgIpc) is 1.82. The third kappa shape index (κ3) is 5.70. The first-order chi connectivity index (χ1) is 5.35. The summed E-state index contributed by atoms with van der Waals surface area (Å²) >= 11 is 0. The van der Waals surface area contributed by atoms with Crippen LogP contribution in [0.2, 0.25) is 0 Å². The van der Waals surface area contributed by atoms with Crippen LogP contribution in [0.5, 0.6) is 0 Å². The van der Waals surface area contributed by atoms with Gasteiger partial charge >= 0.3 is 6.09 Å². The lowest BCUT2D eigenvalue weighted by Crippen LogP contribution is -2.27. The molecule has 70 valence electrons. The smallest absolute Gasteiger partial charge is 0.405 e. The molecule has 0 aliphatic heterocycles. The summed E-state index contributed by atoms with van der Waals surface area (Å²) in [7, 11) is 0. The van der Waals surface area contributed by atoms with Crippen molar-refractivity contribution in [3.63, 3.8) is 0 Å². The van der Waals surface area contributed by atoms with Crippen molar-refractivity contribution in [3.05, 3.63) is 0 Å². The van der Waals surface area contributed by atoms with Gasteiger partial charge in [0, 0.05) is 0 Å². The quantitative estimate of drug-likeness (QED) is 0.649. The molecule has 0 saturated heterocycles. The number of amides is 1. The summed E-state index contributed by atoms with van der Waals surface area (Å²) < 4.78 is 4.55. The van der Waals surface area contributed by atoms with Crippen LogP contribution in [0.4, 0.5) is 4.79 Å². The number of rotatable bonds is 3. The second-order valence-electron chi connectivity index (χ2n) is 3.88. The second-order valence-corrected chi connectivity index (χ2v) is 3.88. The molecule has 4 heteroatoms. The number of nitrogens with two attached hydrogens (primary N) is 1. The Morgan fingerprint density at radius 2 is 2.08 bits per heavy atom. The maximum absolute atomic E-state index is 10.4. The fraction of sp³-hybridized carbons (Fsp3) is 0.750. The molecular weight excluding hydrogens is 158 g/mol. The Morgan fingerprint density at radius 1 is 1.58 bits per heavy atom. The molecular formula is C8H15NO3. The Morgan fingerprint density at radius 3 is 2.33 bits per heavy atom. The van der Waals surface area contributed by atoms with E-state index in [-0.39, 0.29) is 5.41 Å². The minimum absolute atomic E-state index is 0.0545. The molecule has 0 aromatic rings. The van der Waals surface area contributed by atoms with Gasteiger partial charge in [-0.1, -0.05) is 20.8 Å². The summed E-state index contributed by atoms with van der Waals surface area (Å²) in [4.78, 5) is 20.7. The lowest BCUT2D eigenvalue weighted by molar-refractivity contribution is -0.116. The standard InChI is InChI=1S/C8H15NO3/c1-8(2,3)4-6(5-10)12-7(9)11/h5-6H,4H2,1-3H3,(H2,9,11). The highest BCUT2D eigenvalue weighted by Crippen LogP contribution is 2.21. The fourth-order valence-corrected chi connectivity index (χ4v) is 0.870. The van der Waals surface area contributed by atoms with Gasteiger partial charge in [-0.2, -0.15) is 0 Å². The maximum atomic E-state index is 10.4. The SMILES string of the molecule is CC(C)(C)CC(C=O)OC(N)=O. The predicted octanol–water partition coefficient (Wildman–Crippen LogP) is 1.09. The average molecular weight is 173 g/mol. The van der Waals surface area contributed by atoms with Gasteiger partial charge in [-0.05, 0) is 11.8 Å². The normalized spacial score (nSPS) is 13.6. The Labute approximate surface area is 72.1 Å². The predicted molar refractivity (Wildman–Crippen MR) is 44.6 cm³/mol. The molecule has 2 N–H and O–H groups in total. The van der Waals surface area contributed by atoms with E-state index in [1.807, 2.05) is 20.8 Å². The van der Waals surface area contributed by atoms with E-state index in [2.05, 4.69) is 4.74 Å². The van der Waals surface area contributed by atoms with Crippen molar-refractivity contribution < 1.29 is 14.3 Å². The van der Waals surface area contributed by atoms with Crippen LogP contribution in [-0.4, -0.2) is 18.5 Å². The molecule has 0 aliphatic rings. The number of aldehydes is 1. The number of ether oxygens (including phenoxy) is 1. The van der Waals surface area contributed by atoms with Gasteiger partial charge < -0.3 is 10.5 Å². The van der Waals surface area contributed by atoms with Gasteiger partial charge in [0.1, 0.15) is 0 Å². The van der Waals surface area contributed by atoms with Crippen molar-refractivity contribution in [2.24, 2.45) is 11.1 Å². The van der Waals surface area contributed by atoms with Crippen LogP contribution in [0, 0.1) is 5.41 Å². The monoisotopic (exact) mass is 173 g/mol. The van der Waals surface area contributed by atoms with Crippen molar-refractivity contribution in [1.82, 2.24) is 0 Å². The summed E-state index contributed by atoms with van der Waals surface area (Å²) in [6.07, 6.45) is -0.547. The van der Waals surface area contributed by atoms with Crippen LogP contribution in [0.15, 0.2) is 0 Å². The highest BCUT2D eigenvalue weighted by molar-refractivity contribution is 5.69. The molecule has 0 aliphatic carbocycles. The summed E-state index contributed by atoms with van der Waals surface area (Å²) in [5.74, 6) is 0. The third-order valence-electron chi connectivity index (χ3n) is 1.23. The van der Waals surface area contributed by atoms with Gasteiger partial charge in [-0.3, -0.25) is 4.79 Å². The fourth-order valence-electron chi connectivity index (χ4n) is 0.870. The minimum Gasteiger partial charge on any atom is -0.439 e. The van der Waals surface area contributed by atoms with Crippen molar-refractivity contribution >= 4 is 12.4 Å². The number of hydrogen-bond donors (Lipinski definition) is 1. The topological polar surface area (TPSA) is 69.4 Å². The van der Waals surface area contributed by atoms with Crippen LogP contribution in [0.1, 0.15) is 27.2 Å². The Bertz CT molecular complexity index is 172. The van der Waals surface area contributed by atoms with E-state index in [1.54, 1.807) is 0 Å². The Kier molecular flexibility index (Phi) is 3.73. The van der Waals surface area contributed by atoms with E-state index in [4.69, 9.17) is 5.73 Å². The molecule has 0 rings (SSSR count). The molecule has 0 radical (unpaired) electrons. The van der Waals surface area contributed by atoms with Gasteiger partial charge in [0.2, 0.25) is 0 Å². The molecule has 0 aromatic heterocycles. The molecule has 1 amide bonds. The van der Waals surface area contributed by atoms with Crippen LogP contribution in [0.25, 0.3) is 0 Å². The minimum atomic E-state index is -0.906. The molecule has 0 fully saturated rings. The van der Waals surface area contributed by atoms with Crippen molar-refractivity contribution in [1.29, 1.82) is 0 Å². The number of carbonyl (C=O) groups is 2. The first-order valence-electron chi connectivity index (χ1n) is 3.76. The highest BCUT2D eigenvalue weighted by atomic mass is 16.6. The third-order valence-corrected chi connectivity index (χ3v) is 1.23. The maximum Gasteiger partial charge on any atom is 0.405 e. The second kappa shape index (κ2) is 4.09. The van der Waals surface area contributed by atoms with E-state index in [1.165, 1.54) is 0 Å². The van der Waals surface area contributed by atoms with Crippen molar-refractivity contribution in [2.75, 3.05) is 0 Å². The molecule has 1 unspecified atom stereocenters. The molecule has 0 spiro atoms. The molecule has 0 aromatic carbocycles. The van der Waals surface area contributed by atoms with Gasteiger partial charge in [0.05, 0.1) is 0 Å². The first-order valence-corrected chi connectivity index (χ1v) is 3.76. The lowest BCUT2D eigenvalue weighted by atomic mass is 9.89.